The summed E-state index contributed by atoms with van der Waals surface area (Å²) < 4.78 is 10.2. The summed E-state index contributed by atoms with van der Waals surface area (Å²) in [5.74, 6) is 0.0164. The molecular weight excluding hydrogens is 368 g/mol. The van der Waals surface area contributed by atoms with Gasteiger partial charge in [-0.1, -0.05) is 11.6 Å². The van der Waals surface area contributed by atoms with E-state index >= 15 is 0 Å². The second kappa shape index (κ2) is 9.83. The molecule has 7 heteroatoms. The Morgan fingerprint density at radius 3 is 2.48 bits per heavy atom. The summed E-state index contributed by atoms with van der Waals surface area (Å²) in [4.78, 5) is 23.8. The number of nitrogens with one attached hydrogen (secondary N) is 2. The monoisotopic (exact) mass is 390 g/mol. The summed E-state index contributed by atoms with van der Waals surface area (Å²) in [5, 5.41) is 6.55. The molecule has 27 heavy (non-hydrogen) atoms. The summed E-state index contributed by atoms with van der Waals surface area (Å²) in [7, 11) is 1.53. The number of methoxy groups -OCH3 is 1. The van der Waals surface area contributed by atoms with Crippen molar-refractivity contribution >= 4 is 34.9 Å². The summed E-state index contributed by atoms with van der Waals surface area (Å²) in [6.07, 6.45) is 0.268. The number of benzene rings is 2. The highest BCUT2D eigenvalue weighted by molar-refractivity contribution is 6.31. The average Bonchev–Trinajstić information content (AvgIpc) is 2.65. The van der Waals surface area contributed by atoms with Gasteiger partial charge in [0.2, 0.25) is 5.91 Å². The molecule has 6 nitrogen and oxygen atoms in total. The first-order valence-corrected chi connectivity index (χ1v) is 8.97. The smallest absolute Gasteiger partial charge is 0.338 e. The molecule has 0 aliphatic carbocycles. The normalized spacial score (nSPS) is 10.2. The number of carbonyl (C=O) groups excluding carboxylic acids is 2. The van der Waals surface area contributed by atoms with Gasteiger partial charge in [0.15, 0.2) is 0 Å². The van der Waals surface area contributed by atoms with E-state index in [9.17, 15) is 9.59 Å². The Morgan fingerprint density at radius 1 is 1.15 bits per heavy atom. The van der Waals surface area contributed by atoms with E-state index in [2.05, 4.69) is 10.6 Å². The number of ether oxygens (including phenoxy) is 2. The number of halogens is 1. The summed E-state index contributed by atoms with van der Waals surface area (Å²) in [6.45, 7) is 4.41. The van der Waals surface area contributed by atoms with Gasteiger partial charge in [-0.15, -0.1) is 0 Å². The quantitative estimate of drug-likeness (QED) is 0.658. The van der Waals surface area contributed by atoms with Crippen LogP contribution in [0.4, 0.5) is 11.4 Å². The highest BCUT2D eigenvalue weighted by atomic mass is 35.5. The van der Waals surface area contributed by atoms with E-state index in [1.165, 1.54) is 7.11 Å². The van der Waals surface area contributed by atoms with Crippen LogP contribution in [0.25, 0.3) is 0 Å². The molecule has 1 amide bonds. The molecule has 2 N–H and O–H groups in total. The predicted octanol–water partition coefficient (Wildman–Crippen LogP) is 4.27. The molecule has 2 rings (SSSR count). The van der Waals surface area contributed by atoms with E-state index in [-0.39, 0.29) is 18.3 Å². The summed E-state index contributed by atoms with van der Waals surface area (Å²) in [5.41, 5.74) is 2.75. The van der Waals surface area contributed by atoms with Crippen molar-refractivity contribution in [3.05, 3.63) is 52.5 Å². The minimum absolute atomic E-state index is 0.148. The lowest BCUT2D eigenvalue weighted by Gasteiger charge is -2.13. The third kappa shape index (κ3) is 5.89. The maximum absolute atomic E-state index is 12.2. The first-order valence-electron chi connectivity index (χ1n) is 8.59. The number of hydrogen-bond acceptors (Lipinski definition) is 5. The Kier molecular flexibility index (Phi) is 7.49. The van der Waals surface area contributed by atoms with E-state index in [0.29, 0.717) is 35.2 Å². The number of aryl methyl sites for hydroxylation is 1. The summed E-state index contributed by atoms with van der Waals surface area (Å²) >= 11 is 6.07. The highest BCUT2D eigenvalue weighted by Gasteiger charge is 2.10. The van der Waals surface area contributed by atoms with Crippen molar-refractivity contribution in [3.8, 4) is 5.75 Å². The van der Waals surface area contributed by atoms with Crippen LogP contribution in [0.2, 0.25) is 5.02 Å². The maximum Gasteiger partial charge on any atom is 0.338 e. The molecule has 0 fully saturated rings. The first kappa shape index (κ1) is 20.6. The van der Waals surface area contributed by atoms with E-state index in [4.69, 9.17) is 21.1 Å². The van der Waals surface area contributed by atoms with E-state index in [1.807, 2.05) is 6.92 Å². The topological polar surface area (TPSA) is 76.7 Å². The van der Waals surface area contributed by atoms with Gasteiger partial charge in [0, 0.05) is 29.7 Å². The second-order valence-corrected chi connectivity index (χ2v) is 6.23. The van der Waals surface area contributed by atoms with Crippen molar-refractivity contribution in [2.45, 2.75) is 20.3 Å². The molecule has 0 aliphatic rings. The lowest BCUT2D eigenvalue weighted by atomic mass is 10.2. The SMILES string of the molecule is CCOC(=O)c1ccc(NCCC(=O)Nc2cc(C)c(Cl)cc2OC)cc1. The molecule has 0 heterocycles. The Labute approximate surface area is 163 Å². The largest absolute Gasteiger partial charge is 0.495 e. The molecule has 0 radical (unpaired) electrons. The van der Waals surface area contributed by atoms with Crippen LogP contribution in [-0.4, -0.2) is 32.1 Å². The minimum atomic E-state index is -0.351. The molecule has 0 bridgehead atoms. The van der Waals surface area contributed by atoms with Crippen molar-refractivity contribution < 1.29 is 19.1 Å². The van der Waals surface area contributed by atoms with Gasteiger partial charge < -0.3 is 20.1 Å². The van der Waals surface area contributed by atoms with Crippen molar-refractivity contribution in [3.63, 3.8) is 0 Å². The summed E-state index contributed by atoms with van der Waals surface area (Å²) in [6, 6.07) is 10.4. The van der Waals surface area contributed by atoms with Gasteiger partial charge in [0.1, 0.15) is 5.75 Å². The van der Waals surface area contributed by atoms with Gasteiger partial charge >= 0.3 is 5.97 Å². The molecule has 0 saturated carbocycles. The molecular formula is C20H23ClN2O4. The lowest BCUT2D eigenvalue weighted by Crippen LogP contribution is -2.17. The maximum atomic E-state index is 12.2. The first-order chi connectivity index (χ1) is 12.9. The standard InChI is InChI=1S/C20H23ClN2O4/c1-4-27-20(25)14-5-7-15(8-6-14)22-10-9-19(24)23-17-11-13(2)16(21)12-18(17)26-3/h5-8,11-12,22H,4,9-10H2,1-3H3,(H,23,24). The van der Waals surface area contributed by atoms with Crippen molar-refractivity contribution in [2.75, 3.05) is 30.9 Å². The average molecular weight is 391 g/mol. The number of anilines is 2. The van der Waals surface area contributed by atoms with E-state index < -0.39 is 0 Å². The van der Waals surface area contributed by atoms with Crippen LogP contribution in [0.1, 0.15) is 29.3 Å². The zero-order chi connectivity index (χ0) is 19.8. The zero-order valence-electron chi connectivity index (χ0n) is 15.6. The van der Waals surface area contributed by atoms with Crippen LogP contribution in [-0.2, 0) is 9.53 Å². The Bertz CT molecular complexity index is 806. The fourth-order valence-corrected chi connectivity index (χ4v) is 2.56. The fraction of sp³-hybridized carbons (Fsp3) is 0.300. The lowest BCUT2D eigenvalue weighted by molar-refractivity contribution is -0.116. The second-order valence-electron chi connectivity index (χ2n) is 5.82. The molecule has 0 unspecified atom stereocenters. The Morgan fingerprint density at radius 2 is 1.85 bits per heavy atom. The molecule has 144 valence electrons. The van der Waals surface area contributed by atoms with E-state index in [0.717, 1.165) is 11.3 Å². The van der Waals surface area contributed by atoms with Gasteiger partial charge in [0.25, 0.3) is 0 Å². The van der Waals surface area contributed by atoms with Crippen LogP contribution >= 0.6 is 11.6 Å². The van der Waals surface area contributed by atoms with Gasteiger partial charge in [-0.2, -0.15) is 0 Å². The number of rotatable bonds is 8. The predicted molar refractivity (Wildman–Crippen MR) is 107 cm³/mol. The van der Waals surface area contributed by atoms with Crippen LogP contribution in [0.5, 0.6) is 5.75 Å². The van der Waals surface area contributed by atoms with Crippen LogP contribution in [0.15, 0.2) is 36.4 Å². The van der Waals surface area contributed by atoms with Gasteiger partial charge in [0.05, 0.1) is 25.0 Å². The molecule has 0 saturated heterocycles. The number of amides is 1. The molecule has 0 aromatic heterocycles. The van der Waals surface area contributed by atoms with Crippen LogP contribution in [0.3, 0.4) is 0 Å². The number of esters is 1. The van der Waals surface area contributed by atoms with Gasteiger partial charge in [-0.05, 0) is 49.7 Å². The van der Waals surface area contributed by atoms with Crippen molar-refractivity contribution in [1.29, 1.82) is 0 Å². The number of hydrogen-bond donors (Lipinski definition) is 2. The third-order valence-electron chi connectivity index (χ3n) is 3.83. The molecule has 0 aliphatic heterocycles. The zero-order valence-corrected chi connectivity index (χ0v) is 16.4. The third-order valence-corrected chi connectivity index (χ3v) is 4.24. The molecule has 2 aromatic rings. The fourth-order valence-electron chi connectivity index (χ4n) is 2.40. The number of carbonyl (C=O) groups is 2. The van der Waals surface area contributed by atoms with Crippen molar-refractivity contribution in [2.24, 2.45) is 0 Å². The molecule has 0 spiro atoms. The Balaban J connectivity index is 1.86. The molecule has 0 atom stereocenters. The van der Waals surface area contributed by atoms with Crippen LogP contribution in [0, 0.1) is 6.92 Å². The van der Waals surface area contributed by atoms with Gasteiger partial charge in [-0.3, -0.25) is 4.79 Å². The van der Waals surface area contributed by atoms with Crippen molar-refractivity contribution in [1.82, 2.24) is 0 Å². The minimum Gasteiger partial charge on any atom is -0.495 e. The van der Waals surface area contributed by atoms with Gasteiger partial charge in [-0.25, -0.2) is 4.79 Å². The highest BCUT2D eigenvalue weighted by Crippen LogP contribution is 2.30. The van der Waals surface area contributed by atoms with Crippen LogP contribution < -0.4 is 15.4 Å². The Hall–Kier alpha value is -2.73. The molecule has 2 aromatic carbocycles. The van der Waals surface area contributed by atoms with E-state index in [1.54, 1.807) is 43.3 Å².